The van der Waals surface area contributed by atoms with Gasteiger partial charge in [0.25, 0.3) is 0 Å². The summed E-state index contributed by atoms with van der Waals surface area (Å²) in [4.78, 5) is 15.4. The summed E-state index contributed by atoms with van der Waals surface area (Å²) in [5.74, 6) is 5.77. The first kappa shape index (κ1) is 57.6. The second-order valence-electron chi connectivity index (χ2n) is 23.1. The van der Waals surface area contributed by atoms with Gasteiger partial charge < -0.3 is 24.0 Å². The molecule has 434 valence electrons. The summed E-state index contributed by atoms with van der Waals surface area (Å²) in [6.45, 7) is 35.3. The molecular weight excluding hydrogens is 1160 g/mol. The maximum atomic E-state index is 9.01. The highest BCUT2D eigenvalue weighted by molar-refractivity contribution is 9.10. The van der Waals surface area contributed by atoms with Crippen LogP contribution >= 0.6 is 15.9 Å². The topological polar surface area (TPSA) is 184 Å². The van der Waals surface area contributed by atoms with Crippen molar-refractivity contribution in [3.8, 4) is 34.4 Å². The zero-order valence-electron chi connectivity index (χ0n) is 50.0. The van der Waals surface area contributed by atoms with E-state index in [1.165, 1.54) is 0 Å². The van der Waals surface area contributed by atoms with Gasteiger partial charge in [0.15, 0.2) is 11.4 Å². The fraction of sp³-hybridized carbons (Fsp3) is 0.277. The van der Waals surface area contributed by atoms with Gasteiger partial charge in [-0.2, -0.15) is 20.3 Å². The normalized spacial score (nSPS) is 16.7. The lowest BCUT2D eigenvalue weighted by molar-refractivity contribution is 0.00578. The number of nitriles is 1. The van der Waals surface area contributed by atoms with Gasteiger partial charge in [-0.1, -0.05) is 66.2 Å². The van der Waals surface area contributed by atoms with Crippen LogP contribution in [-0.2, 0) is 22.8 Å². The van der Waals surface area contributed by atoms with Crippen LogP contribution in [0.3, 0.4) is 0 Å². The number of hydrogen-bond donors (Lipinski definition) is 0. The molecule has 0 spiro atoms. The third-order valence-electron chi connectivity index (χ3n) is 16.8. The Balaban J connectivity index is 0.000000129. The Morgan fingerprint density at radius 2 is 1.07 bits per heavy atom. The van der Waals surface area contributed by atoms with E-state index < -0.39 is 18.3 Å². The van der Waals surface area contributed by atoms with Crippen molar-refractivity contribution in [1.82, 2.24) is 59.3 Å². The number of benzene rings is 6. The van der Waals surface area contributed by atoms with Crippen molar-refractivity contribution >= 4 is 74.0 Å². The van der Waals surface area contributed by atoms with E-state index in [2.05, 4.69) is 191 Å². The van der Waals surface area contributed by atoms with Gasteiger partial charge >= 0.3 is 7.12 Å². The highest BCUT2D eigenvalue weighted by atomic mass is 79.9. The molecule has 1 saturated heterocycles. The van der Waals surface area contributed by atoms with Crippen molar-refractivity contribution in [2.45, 2.75) is 91.8 Å². The molecule has 10 aromatic rings. The van der Waals surface area contributed by atoms with Gasteiger partial charge in [-0.3, -0.25) is 13.7 Å². The minimum Gasteiger partial charge on any atom is -0.399 e. The predicted octanol–water partition coefficient (Wildman–Crippen LogP) is 12.8. The molecule has 1 fully saturated rings. The molecule has 4 aliphatic heterocycles. The quantitative estimate of drug-likeness (QED) is 0.117. The first-order chi connectivity index (χ1) is 41.8. The second kappa shape index (κ2) is 22.9. The van der Waals surface area contributed by atoms with Crippen LogP contribution in [0.5, 0.6) is 0 Å². The van der Waals surface area contributed by atoms with E-state index >= 15 is 0 Å². The summed E-state index contributed by atoms with van der Waals surface area (Å²) in [5, 5.41) is 43.9. The molecule has 2 unspecified atom stereocenters. The Hall–Kier alpha value is -9.79. The zero-order valence-corrected chi connectivity index (χ0v) is 51.6. The molecule has 2 atom stereocenters. The Morgan fingerprint density at radius 3 is 1.61 bits per heavy atom. The lowest BCUT2D eigenvalue weighted by Crippen LogP contribution is -2.41. The average Bonchev–Trinajstić information content (AvgIpc) is 1.89. The molecule has 0 amide bonds. The van der Waals surface area contributed by atoms with Crippen LogP contribution in [-0.4, -0.2) is 97.2 Å². The van der Waals surface area contributed by atoms with E-state index in [1.54, 1.807) is 11.0 Å². The summed E-state index contributed by atoms with van der Waals surface area (Å²) >= 11 is 3.58. The van der Waals surface area contributed by atoms with Gasteiger partial charge in [-0.05, 0) is 145 Å². The van der Waals surface area contributed by atoms with Crippen molar-refractivity contribution in [3.63, 3.8) is 0 Å². The number of halogens is 1. The molecule has 8 heterocycles. The average molecular weight is 1220 g/mol. The van der Waals surface area contributed by atoms with Crippen LogP contribution in [0.15, 0.2) is 138 Å². The molecule has 4 aliphatic rings. The van der Waals surface area contributed by atoms with Crippen molar-refractivity contribution in [2.75, 3.05) is 34.3 Å². The zero-order chi connectivity index (χ0) is 61.1. The number of aromatic nitrogens is 12. The lowest BCUT2D eigenvalue weighted by atomic mass is 9.78. The van der Waals surface area contributed by atoms with Crippen molar-refractivity contribution in [3.05, 3.63) is 201 Å². The third kappa shape index (κ3) is 10.8. The molecule has 22 heteroatoms. The van der Waals surface area contributed by atoms with Crippen LogP contribution in [0, 0.1) is 45.2 Å². The summed E-state index contributed by atoms with van der Waals surface area (Å²) in [7, 11) is 1.36. The lowest BCUT2D eigenvalue weighted by Gasteiger charge is -2.32. The first-order valence-electron chi connectivity index (χ1n) is 28.7. The minimum atomic E-state index is -0.450. The summed E-state index contributed by atoms with van der Waals surface area (Å²) in [6.07, 6.45) is 2.57. The molecule has 6 aromatic carbocycles. The Morgan fingerprint density at radius 1 is 0.586 bits per heavy atom. The van der Waals surface area contributed by atoms with E-state index in [0.29, 0.717) is 16.9 Å². The molecule has 0 saturated carbocycles. The van der Waals surface area contributed by atoms with Gasteiger partial charge in [0.1, 0.15) is 40.6 Å². The smallest absolute Gasteiger partial charge is 0.399 e. The van der Waals surface area contributed by atoms with E-state index in [1.807, 2.05) is 107 Å². The molecule has 14 rings (SSSR count). The fourth-order valence-electron chi connectivity index (χ4n) is 11.5. The summed E-state index contributed by atoms with van der Waals surface area (Å²) in [5.41, 5.74) is 13.3. The number of aryl methyl sites for hydroxylation is 4. The Bertz CT molecular complexity index is 4360. The van der Waals surface area contributed by atoms with Gasteiger partial charge in [-0.15, -0.1) is 30.6 Å². The Kier molecular flexibility index (Phi) is 15.2. The molecule has 20 nitrogen and oxygen atoms in total. The number of fused-ring (bicyclic) bond motifs is 9. The van der Waals surface area contributed by atoms with Gasteiger partial charge in [-0.25, -0.2) is 9.69 Å². The first-order valence-corrected chi connectivity index (χ1v) is 29.5. The minimum absolute atomic E-state index is 0.152. The maximum Gasteiger partial charge on any atom is 0.494 e. The van der Waals surface area contributed by atoms with Gasteiger partial charge in [0.05, 0.1) is 76.3 Å². The number of hydrogen-bond acceptors (Lipinski definition) is 14. The Labute approximate surface area is 514 Å². The molecule has 87 heavy (non-hydrogen) atoms. The van der Waals surface area contributed by atoms with Crippen LogP contribution in [0.4, 0.5) is 45.5 Å². The largest absolute Gasteiger partial charge is 0.494 e. The van der Waals surface area contributed by atoms with Crippen LogP contribution in [0.25, 0.3) is 38.0 Å². The molecule has 0 radical (unpaired) electrons. The van der Waals surface area contributed by atoms with E-state index in [-0.39, 0.29) is 11.8 Å². The van der Waals surface area contributed by atoms with Gasteiger partial charge in [0.2, 0.25) is 0 Å². The van der Waals surface area contributed by atoms with Crippen molar-refractivity contribution < 1.29 is 9.31 Å². The molecule has 0 N–H and O–H groups in total. The predicted molar refractivity (Wildman–Crippen MR) is 340 cm³/mol. The highest BCUT2D eigenvalue weighted by Gasteiger charge is 2.52. The van der Waals surface area contributed by atoms with Crippen molar-refractivity contribution in [1.29, 1.82) is 5.26 Å². The standard InChI is InChI=1S/C25H28BN5O2.C22H20N8.C18H14BrN5/c1-16-15-30(20-11-9-19(27-7)10-12-20)22-14-18(26-32-24(3,4)25(5,6)33-26)8-13-21(22)31-17(2)28-29-23(16)31;1-14-13-29(18-8-6-17(23-3)7-9-18)21-11-16(19-12-24-28(4)27-19)5-10-20(21)30-15(2)25-26-22(14)30;1-12-21-22-18-8-9-23(15-5-2-13(11-20)3-6-15)17-10-14(19)4-7-16(17)24(12)18/h8-14,16H,15H2,1-6H3;5-12,14H,13H2,1-2,4H3;2-7,10H,8-9H2,1H3. The van der Waals surface area contributed by atoms with E-state index in [9.17, 15) is 0 Å². The van der Waals surface area contributed by atoms with E-state index in [4.69, 9.17) is 27.7 Å². The SMILES string of the molecule is Cc1nnc2n1-c1ccc(Br)cc1N(c1ccc(C#N)cc1)CC2.[C-]#[N+]c1ccc(N2CC(C)c3nnc(C)n3-c3ccc(-c4cnn(C)n4)cc32)cc1.[C-]#[N+]c1ccc(N2CC(C)c3nnc(C)n3-c3ccc(B4OC(C)(C)C(C)(C)O4)cc32)cc1. The van der Waals surface area contributed by atoms with E-state index in [0.717, 1.165) is 133 Å². The van der Waals surface area contributed by atoms with Gasteiger partial charge in [0, 0.05) is 72.0 Å². The van der Waals surface area contributed by atoms with Crippen LogP contribution in [0.1, 0.15) is 93.9 Å². The maximum absolute atomic E-state index is 9.01. The molecule has 4 aromatic heterocycles. The monoisotopic (exact) mass is 1220 g/mol. The number of anilines is 6. The molecular formula is C65H62BBrN18O2. The third-order valence-corrected chi connectivity index (χ3v) is 17.3. The molecule has 0 bridgehead atoms. The van der Waals surface area contributed by atoms with Crippen LogP contribution < -0.4 is 20.2 Å². The summed E-state index contributed by atoms with van der Waals surface area (Å²) in [6, 6.07) is 44.1. The second-order valence-corrected chi connectivity index (χ2v) is 24.0. The number of rotatable bonds is 5. The molecule has 0 aliphatic carbocycles. The highest BCUT2D eigenvalue weighted by Crippen LogP contribution is 2.43. The van der Waals surface area contributed by atoms with Crippen molar-refractivity contribution in [2.24, 2.45) is 7.05 Å². The van der Waals surface area contributed by atoms with Crippen LogP contribution in [0.2, 0.25) is 0 Å². The number of nitrogens with zero attached hydrogens (tertiary/aromatic N) is 18. The fourth-order valence-corrected chi connectivity index (χ4v) is 11.9. The summed E-state index contributed by atoms with van der Waals surface area (Å²) < 4.78 is 20.1.